The predicted molar refractivity (Wildman–Crippen MR) is 131 cm³/mol. The third kappa shape index (κ3) is 5.32. The van der Waals surface area contributed by atoms with Crippen molar-refractivity contribution in [1.29, 1.82) is 0 Å². The number of aromatic nitrogens is 4. The van der Waals surface area contributed by atoms with Crippen LogP contribution in [0.2, 0.25) is 0 Å². The lowest BCUT2D eigenvalue weighted by Gasteiger charge is -2.31. The molecule has 2 aromatic carbocycles. The maximum absolute atomic E-state index is 13.6. The molecule has 0 aliphatic heterocycles. The zero-order valence-corrected chi connectivity index (χ0v) is 20.3. The molecule has 0 saturated heterocycles. The van der Waals surface area contributed by atoms with Crippen LogP contribution in [-0.2, 0) is 16.1 Å². The summed E-state index contributed by atoms with van der Waals surface area (Å²) in [6, 6.07) is 13.2. The summed E-state index contributed by atoms with van der Waals surface area (Å²) < 4.78 is 0. The first-order chi connectivity index (χ1) is 16.3. The number of nitrogens with one attached hydrogen (secondary N) is 1. The number of benzene rings is 2. The molecule has 0 spiro atoms. The number of carbonyl (C=O) groups excluding carboxylic acids is 2. The first kappa shape index (κ1) is 23.6. The SMILES string of the molecule is Cc1ccc(-c2nnn(CC(=O)N(c3cc(C)ccc3C)[C@@H](C)C(=O)NC3CCCC3)n2)cc1. The van der Waals surface area contributed by atoms with E-state index in [2.05, 4.69) is 20.7 Å². The fourth-order valence-electron chi connectivity index (χ4n) is 4.37. The molecule has 0 unspecified atom stereocenters. The van der Waals surface area contributed by atoms with Crippen molar-refractivity contribution in [3.8, 4) is 11.4 Å². The van der Waals surface area contributed by atoms with Crippen LogP contribution in [0.1, 0.15) is 49.3 Å². The first-order valence-electron chi connectivity index (χ1n) is 11.9. The number of carbonyl (C=O) groups is 2. The second-order valence-electron chi connectivity index (χ2n) is 9.23. The van der Waals surface area contributed by atoms with Crippen molar-refractivity contribution in [2.45, 2.75) is 72.0 Å². The lowest BCUT2D eigenvalue weighted by molar-refractivity contribution is -0.127. The fourth-order valence-corrected chi connectivity index (χ4v) is 4.37. The molecule has 8 heteroatoms. The minimum absolute atomic E-state index is 0.118. The lowest BCUT2D eigenvalue weighted by atomic mass is 10.1. The molecule has 1 aliphatic carbocycles. The van der Waals surface area contributed by atoms with E-state index in [0.29, 0.717) is 5.82 Å². The highest BCUT2D eigenvalue weighted by molar-refractivity contribution is 6.01. The van der Waals surface area contributed by atoms with Gasteiger partial charge in [0.25, 0.3) is 5.91 Å². The minimum Gasteiger partial charge on any atom is -0.352 e. The zero-order chi connectivity index (χ0) is 24.2. The van der Waals surface area contributed by atoms with Crippen LogP contribution in [0.25, 0.3) is 11.4 Å². The van der Waals surface area contributed by atoms with Crippen LogP contribution in [-0.4, -0.2) is 44.1 Å². The van der Waals surface area contributed by atoms with Crippen molar-refractivity contribution in [3.05, 3.63) is 59.2 Å². The van der Waals surface area contributed by atoms with Crippen LogP contribution in [0.4, 0.5) is 5.69 Å². The summed E-state index contributed by atoms with van der Waals surface area (Å²) in [6.45, 7) is 7.59. The van der Waals surface area contributed by atoms with Gasteiger partial charge in [0.15, 0.2) is 0 Å². The van der Waals surface area contributed by atoms with E-state index in [4.69, 9.17) is 0 Å². The standard InChI is InChI=1S/C26H32N6O2/c1-17-10-13-21(14-11-17)25-28-30-31(29-25)16-24(33)32(23-15-18(2)9-12-19(23)3)20(4)26(34)27-22-7-5-6-8-22/h9-15,20,22H,5-8,16H2,1-4H3,(H,27,34)/t20-/m0/s1. The van der Waals surface area contributed by atoms with Crippen molar-refractivity contribution in [1.82, 2.24) is 25.5 Å². The summed E-state index contributed by atoms with van der Waals surface area (Å²) in [5.74, 6) is 0.0433. The van der Waals surface area contributed by atoms with E-state index in [1.54, 1.807) is 11.8 Å². The highest BCUT2D eigenvalue weighted by Crippen LogP contribution is 2.25. The molecule has 1 saturated carbocycles. The first-order valence-corrected chi connectivity index (χ1v) is 11.9. The molecule has 1 aromatic heterocycles. The normalized spacial score (nSPS) is 14.7. The van der Waals surface area contributed by atoms with Gasteiger partial charge in [-0.15, -0.1) is 10.2 Å². The van der Waals surface area contributed by atoms with Gasteiger partial charge in [-0.2, -0.15) is 4.80 Å². The Morgan fingerprint density at radius 1 is 1.06 bits per heavy atom. The van der Waals surface area contributed by atoms with Gasteiger partial charge >= 0.3 is 0 Å². The van der Waals surface area contributed by atoms with Crippen LogP contribution >= 0.6 is 0 Å². The number of amides is 2. The quantitative estimate of drug-likeness (QED) is 0.580. The number of hydrogen-bond donors (Lipinski definition) is 1. The highest BCUT2D eigenvalue weighted by Gasteiger charge is 2.31. The summed E-state index contributed by atoms with van der Waals surface area (Å²) in [7, 11) is 0. The maximum Gasteiger partial charge on any atom is 0.251 e. The lowest BCUT2D eigenvalue weighted by Crippen LogP contribution is -2.51. The third-order valence-electron chi connectivity index (χ3n) is 6.40. The van der Waals surface area contributed by atoms with E-state index in [0.717, 1.165) is 53.6 Å². The topological polar surface area (TPSA) is 93.0 Å². The molecule has 8 nitrogen and oxygen atoms in total. The van der Waals surface area contributed by atoms with Crippen molar-refractivity contribution < 1.29 is 9.59 Å². The Morgan fingerprint density at radius 3 is 2.44 bits per heavy atom. The van der Waals surface area contributed by atoms with Crippen LogP contribution in [0, 0.1) is 20.8 Å². The van der Waals surface area contributed by atoms with Gasteiger partial charge in [0.05, 0.1) is 0 Å². The molecule has 0 radical (unpaired) electrons. The molecule has 178 valence electrons. The van der Waals surface area contributed by atoms with E-state index in [9.17, 15) is 9.59 Å². The van der Waals surface area contributed by atoms with Crippen molar-refractivity contribution in [3.63, 3.8) is 0 Å². The van der Waals surface area contributed by atoms with Crippen LogP contribution in [0.5, 0.6) is 0 Å². The Morgan fingerprint density at radius 2 is 1.74 bits per heavy atom. The molecule has 4 rings (SSSR count). The molecular formula is C26H32N6O2. The maximum atomic E-state index is 13.6. The number of aryl methyl sites for hydroxylation is 3. The summed E-state index contributed by atoms with van der Waals surface area (Å²) in [6.07, 6.45) is 4.22. The minimum atomic E-state index is -0.673. The molecule has 2 amide bonds. The molecule has 1 fully saturated rings. The summed E-state index contributed by atoms with van der Waals surface area (Å²) in [5, 5.41) is 15.7. The molecule has 34 heavy (non-hydrogen) atoms. The number of anilines is 1. The van der Waals surface area contributed by atoms with E-state index in [1.165, 1.54) is 4.80 Å². The summed E-state index contributed by atoms with van der Waals surface area (Å²) >= 11 is 0. The number of hydrogen-bond acceptors (Lipinski definition) is 5. The van der Waals surface area contributed by atoms with Crippen molar-refractivity contribution in [2.75, 3.05) is 4.90 Å². The van der Waals surface area contributed by atoms with Gasteiger partial charge in [0, 0.05) is 17.3 Å². The Bertz CT molecular complexity index is 1160. The molecule has 1 heterocycles. The average Bonchev–Trinajstić information content (AvgIpc) is 3.49. The van der Waals surface area contributed by atoms with Gasteiger partial charge in [-0.3, -0.25) is 14.5 Å². The second-order valence-corrected chi connectivity index (χ2v) is 9.23. The zero-order valence-electron chi connectivity index (χ0n) is 20.3. The van der Waals surface area contributed by atoms with E-state index in [1.807, 2.05) is 63.2 Å². The van der Waals surface area contributed by atoms with Crippen LogP contribution in [0.3, 0.4) is 0 Å². The Labute approximate surface area is 200 Å². The van der Waals surface area contributed by atoms with Gasteiger partial charge < -0.3 is 5.32 Å². The van der Waals surface area contributed by atoms with Gasteiger partial charge in [-0.05, 0) is 62.9 Å². The third-order valence-corrected chi connectivity index (χ3v) is 6.40. The van der Waals surface area contributed by atoms with E-state index < -0.39 is 6.04 Å². The molecule has 3 aromatic rings. The highest BCUT2D eigenvalue weighted by atomic mass is 16.2. The van der Waals surface area contributed by atoms with Crippen molar-refractivity contribution >= 4 is 17.5 Å². The van der Waals surface area contributed by atoms with Crippen LogP contribution in [0.15, 0.2) is 42.5 Å². The predicted octanol–water partition coefficient (Wildman–Crippen LogP) is 3.75. The smallest absolute Gasteiger partial charge is 0.251 e. The average molecular weight is 461 g/mol. The van der Waals surface area contributed by atoms with Gasteiger partial charge in [0.1, 0.15) is 12.6 Å². The number of tetrazole rings is 1. The molecule has 1 aliphatic rings. The van der Waals surface area contributed by atoms with E-state index in [-0.39, 0.29) is 24.4 Å². The monoisotopic (exact) mass is 460 g/mol. The van der Waals surface area contributed by atoms with E-state index >= 15 is 0 Å². The Balaban J connectivity index is 1.58. The number of nitrogens with zero attached hydrogens (tertiary/aromatic N) is 5. The molecular weight excluding hydrogens is 428 g/mol. The fraction of sp³-hybridized carbons (Fsp3) is 0.423. The Hall–Kier alpha value is -3.55. The molecule has 0 bridgehead atoms. The second kappa shape index (κ2) is 10.2. The number of rotatable bonds is 7. The largest absolute Gasteiger partial charge is 0.352 e. The van der Waals surface area contributed by atoms with Crippen LogP contribution < -0.4 is 10.2 Å². The molecule has 1 atom stereocenters. The summed E-state index contributed by atoms with van der Waals surface area (Å²) in [4.78, 5) is 29.6. The molecule has 1 N–H and O–H groups in total. The summed E-state index contributed by atoms with van der Waals surface area (Å²) in [5.41, 5.74) is 4.63. The van der Waals surface area contributed by atoms with Gasteiger partial charge in [-0.25, -0.2) is 0 Å². The Kier molecular flexibility index (Phi) is 7.05. The van der Waals surface area contributed by atoms with Crippen molar-refractivity contribution in [2.24, 2.45) is 0 Å². The van der Waals surface area contributed by atoms with Gasteiger partial charge in [0.2, 0.25) is 11.7 Å². The van der Waals surface area contributed by atoms with Gasteiger partial charge in [-0.1, -0.05) is 54.8 Å².